The van der Waals surface area contributed by atoms with Crippen molar-refractivity contribution in [3.05, 3.63) is 12.5 Å². The molecule has 0 saturated carbocycles. The maximum absolute atomic E-state index is 11.7. The standard InChI is InChI=1S/C8H10N4O4S/c1-12-7(13)2-5(8(12)14)11-17(15,16)6-3-9-4-10-6/h3-5,11H,2H2,1H3,(H,9,10). The van der Waals surface area contributed by atoms with E-state index in [4.69, 9.17) is 0 Å². The van der Waals surface area contributed by atoms with Crippen LogP contribution in [0.15, 0.2) is 17.6 Å². The SMILES string of the molecule is CN1C(=O)CC(NS(=O)(=O)c2cnc[nH]2)C1=O. The summed E-state index contributed by atoms with van der Waals surface area (Å²) >= 11 is 0. The first-order valence-corrected chi connectivity index (χ1v) is 6.21. The lowest BCUT2D eigenvalue weighted by molar-refractivity contribution is -0.137. The minimum atomic E-state index is -3.85. The van der Waals surface area contributed by atoms with Gasteiger partial charge in [-0.15, -0.1) is 0 Å². The fourth-order valence-electron chi connectivity index (χ4n) is 1.49. The number of carbonyl (C=O) groups is 2. The number of nitrogens with zero attached hydrogens (tertiary/aromatic N) is 2. The van der Waals surface area contributed by atoms with Crippen LogP contribution < -0.4 is 4.72 Å². The number of nitrogens with one attached hydrogen (secondary N) is 2. The Morgan fingerprint density at radius 2 is 2.24 bits per heavy atom. The van der Waals surface area contributed by atoms with E-state index < -0.39 is 27.9 Å². The normalized spacial score (nSPS) is 21.2. The van der Waals surface area contributed by atoms with Crippen molar-refractivity contribution >= 4 is 21.8 Å². The number of likely N-dealkylation sites (N-methyl/N-ethyl adjacent to an activating group) is 1. The summed E-state index contributed by atoms with van der Waals surface area (Å²) in [5.41, 5.74) is 0. The van der Waals surface area contributed by atoms with Crippen LogP contribution >= 0.6 is 0 Å². The molecule has 1 unspecified atom stereocenters. The molecule has 0 aromatic carbocycles. The fraction of sp³-hybridized carbons (Fsp3) is 0.375. The molecule has 1 saturated heterocycles. The van der Waals surface area contributed by atoms with Gasteiger partial charge in [0.15, 0.2) is 5.03 Å². The molecule has 17 heavy (non-hydrogen) atoms. The highest BCUT2D eigenvalue weighted by Gasteiger charge is 2.38. The number of hydrogen-bond donors (Lipinski definition) is 2. The van der Waals surface area contributed by atoms with Crippen molar-refractivity contribution in [2.45, 2.75) is 17.5 Å². The highest BCUT2D eigenvalue weighted by molar-refractivity contribution is 7.89. The summed E-state index contributed by atoms with van der Waals surface area (Å²) in [5, 5.41) is -0.146. The van der Waals surface area contributed by atoms with Crippen LogP contribution in [0.2, 0.25) is 0 Å². The summed E-state index contributed by atoms with van der Waals surface area (Å²) < 4.78 is 25.6. The van der Waals surface area contributed by atoms with E-state index in [-0.39, 0.29) is 11.4 Å². The number of aromatic amines is 1. The number of rotatable bonds is 3. The van der Waals surface area contributed by atoms with Gasteiger partial charge in [0.05, 0.1) is 18.9 Å². The molecule has 1 aliphatic rings. The summed E-state index contributed by atoms with van der Waals surface area (Å²) in [6.45, 7) is 0. The van der Waals surface area contributed by atoms with Gasteiger partial charge in [-0.05, 0) is 0 Å². The van der Waals surface area contributed by atoms with E-state index in [0.717, 1.165) is 11.1 Å². The Labute approximate surface area is 97.1 Å². The Kier molecular flexibility index (Phi) is 2.71. The largest absolute Gasteiger partial charge is 0.335 e. The third kappa shape index (κ3) is 2.06. The van der Waals surface area contributed by atoms with Crippen molar-refractivity contribution < 1.29 is 18.0 Å². The van der Waals surface area contributed by atoms with Gasteiger partial charge in [0, 0.05) is 7.05 Å². The summed E-state index contributed by atoms with van der Waals surface area (Å²) in [6.07, 6.45) is 2.16. The molecule has 0 radical (unpaired) electrons. The molecule has 2 N–H and O–H groups in total. The smallest absolute Gasteiger partial charge is 0.258 e. The second-order valence-electron chi connectivity index (χ2n) is 3.58. The molecule has 0 bridgehead atoms. The van der Waals surface area contributed by atoms with Crippen LogP contribution in [0.5, 0.6) is 0 Å². The number of carbonyl (C=O) groups excluding carboxylic acids is 2. The molecule has 1 atom stereocenters. The van der Waals surface area contributed by atoms with E-state index in [1.54, 1.807) is 0 Å². The maximum Gasteiger partial charge on any atom is 0.258 e. The number of likely N-dealkylation sites (tertiary alicyclic amines) is 1. The molecule has 1 aromatic rings. The number of imidazole rings is 1. The molecule has 0 aliphatic carbocycles. The zero-order valence-corrected chi connectivity index (χ0v) is 9.69. The van der Waals surface area contributed by atoms with Crippen LogP contribution in [0.3, 0.4) is 0 Å². The van der Waals surface area contributed by atoms with E-state index >= 15 is 0 Å². The van der Waals surface area contributed by atoms with Gasteiger partial charge in [-0.25, -0.2) is 13.4 Å². The Bertz CT molecular complexity index is 550. The molecule has 1 aromatic heterocycles. The van der Waals surface area contributed by atoms with Crippen LogP contribution in [0, 0.1) is 0 Å². The molecule has 2 rings (SSSR count). The lowest BCUT2D eigenvalue weighted by Gasteiger charge is -2.10. The van der Waals surface area contributed by atoms with E-state index in [0.29, 0.717) is 0 Å². The van der Waals surface area contributed by atoms with Gasteiger partial charge in [0.25, 0.3) is 10.0 Å². The highest BCUT2D eigenvalue weighted by atomic mass is 32.2. The minimum Gasteiger partial charge on any atom is -0.335 e. The van der Waals surface area contributed by atoms with Crippen molar-refractivity contribution in [1.29, 1.82) is 0 Å². The number of imide groups is 1. The second-order valence-corrected chi connectivity index (χ2v) is 5.27. The van der Waals surface area contributed by atoms with Gasteiger partial charge in [-0.1, -0.05) is 0 Å². The topological polar surface area (TPSA) is 112 Å². The van der Waals surface area contributed by atoms with E-state index in [1.807, 2.05) is 0 Å². The summed E-state index contributed by atoms with van der Waals surface area (Å²) in [7, 11) is -2.53. The predicted molar refractivity (Wildman–Crippen MR) is 55.1 cm³/mol. The molecular formula is C8H10N4O4S. The first-order chi connectivity index (χ1) is 7.92. The molecule has 2 heterocycles. The Morgan fingerprint density at radius 3 is 2.71 bits per heavy atom. The molecule has 2 amide bonds. The summed E-state index contributed by atoms with van der Waals surface area (Å²) in [6, 6.07) is -1.04. The van der Waals surface area contributed by atoms with Crippen molar-refractivity contribution in [2.75, 3.05) is 7.05 Å². The predicted octanol–water partition coefficient (Wildman–Crippen LogP) is -1.55. The van der Waals surface area contributed by atoms with Crippen molar-refractivity contribution in [3.8, 4) is 0 Å². The number of hydrogen-bond acceptors (Lipinski definition) is 5. The van der Waals surface area contributed by atoms with Crippen LogP contribution in [-0.4, -0.2) is 48.2 Å². The van der Waals surface area contributed by atoms with Gasteiger partial charge in [0.2, 0.25) is 11.8 Å². The minimum absolute atomic E-state index is 0.146. The van der Waals surface area contributed by atoms with E-state index in [2.05, 4.69) is 14.7 Å². The highest BCUT2D eigenvalue weighted by Crippen LogP contribution is 2.13. The Morgan fingerprint density at radius 1 is 1.53 bits per heavy atom. The summed E-state index contributed by atoms with van der Waals surface area (Å²) in [4.78, 5) is 29.6. The Hall–Kier alpha value is -1.74. The number of sulfonamides is 1. The van der Waals surface area contributed by atoms with Crippen LogP contribution in [0.1, 0.15) is 6.42 Å². The van der Waals surface area contributed by atoms with Crippen LogP contribution in [-0.2, 0) is 19.6 Å². The van der Waals surface area contributed by atoms with Crippen LogP contribution in [0.25, 0.3) is 0 Å². The number of aromatic nitrogens is 2. The van der Waals surface area contributed by atoms with Crippen molar-refractivity contribution in [2.24, 2.45) is 0 Å². The molecule has 0 spiro atoms. The Balaban J connectivity index is 2.18. The molecule has 1 fully saturated rings. The lowest BCUT2D eigenvalue weighted by atomic mass is 10.3. The molecular weight excluding hydrogens is 248 g/mol. The van der Waals surface area contributed by atoms with Gasteiger partial charge < -0.3 is 4.98 Å². The molecule has 92 valence electrons. The average Bonchev–Trinajstić information content (AvgIpc) is 2.85. The maximum atomic E-state index is 11.7. The first-order valence-electron chi connectivity index (χ1n) is 4.73. The van der Waals surface area contributed by atoms with Crippen LogP contribution in [0.4, 0.5) is 0 Å². The summed E-state index contributed by atoms with van der Waals surface area (Å²) in [5.74, 6) is -0.967. The lowest BCUT2D eigenvalue weighted by Crippen LogP contribution is -2.40. The van der Waals surface area contributed by atoms with Gasteiger partial charge in [0.1, 0.15) is 6.04 Å². The van der Waals surface area contributed by atoms with E-state index in [9.17, 15) is 18.0 Å². The monoisotopic (exact) mass is 258 g/mol. The third-order valence-electron chi connectivity index (χ3n) is 2.44. The van der Waals surface area contributed by atoms with Crippen molar-refractivity contribution in [1.82, 2.24) is 19.6 Å². The first kappa shape index (κ1) is 11.7. The molecule has 8 nitrogen and oxygen atoms in total. The zero-order valence-electron chi connectivity index (χ0n) is 8.87. The number of H-pyrrole nitrogens is 1. The molecule has 9 heteroatoms. The zero-order chi connectivity index (χ0) is 12.6. The number of amides is 2. The average molecular weight is 258 g/mol. The van der Waals surface area contributed by atoms with Gasteiger partial charge in [-0.3, -0.25) is 14.5 Å². The second kappa shape index (κ2) is 3.93. The third-order valence-corrected chi connectivity index (χ3v) is 3.84. The van der Waals surface area contributed by atoms with Gasteiger partial charge >= 0.3 is 0 Å². The molecule has 1 aliphatic heterocycles. The fourth-order valence-corrected chi connectivity index (χ4v) is 2.58. The van der Waals surface area contributed by atoms with E-state index in [1.165, 1.54) is 13.4 Å². The quantitative estimate of drug-likeness (QED) is 0.637. The van der Waals surface area contributed by atoms with Gasteiger partial charge in [-0.2, -0.15) is 4.72 Å². The van der Waals surface area contributed by atoms with Crippen molar-refractivity contribution in [3.63, 3.8) is 0 Å².